The summed E-state index contributed by atoms with van der Waals surface area (Å²) in [6, 6.07) is 6.78. The van der Waals surface area contributed by atoms with Crippen molar-refractivity contribution in [1.29, 1.82) is 0 Å². The van der Waals surface area contributed by atoms with Crippen LogP contribution in [0, 0.1) is 0 Å². The van der Waals surface area contributed by atoms with Crippen LogP contribution >= 0.6 is 11.8 Å². The first-order valence-corrected chi connectivity index (χ1v) is 5.81. The fraction of sp³-hybridized carbons (Fsp3) is 0.200. The fourth-order valence-electron chi connectivity index (χ4n) is 1.10. The van der Waals surface area contributed by atoms with E-state index in [1.54, 1.807) is 11.8 Å². The summed E-state index contributed by atoms with van der Waals surface area (Å²) in [4.78, 5) is 22.6. The van der Waals surface area contributed by atoms with Crippen molar-refractivity contribution in [3.8, 4) is 0 Å². The number of amides is 3. The van der Waals surface area contributed by atoms with E-state index in [-0.39, 0.29) is 6.54 Å². The molecule has 0 aliphatic carbocycles. The first-order valence-electron chi connectivity index (χ1n) is 4.59. The van der Waals surface area contributed by atoms with Gasteiger partial charge in [0.1, 0.15) is 0 Å². The maximum Gasteiger partial charge on any atom is 0.318 e. The van der Waals surface area contributed by atoms with Gasteiger partial charge >= 0.3 is 6.03 Å². The van der Waals surface area contributed by atoms with E-state index in [0.717, 1.165) is 10.6 Å². The molecule has 0 saturated heterocycles. The Hall–Kier alpha value is -1.69. The van der Waals surface area contributed by atoms with E-state index in [0.29, 0.717) is 0 Å². The molecule has 6 heteroatoms. The molecule has 0 unspecified atom stereocenters. The van der Waals surface area contributed by atoms with Crippen LogP contribution in [0.4, 0.5) is 10.5 Å². The van der Waals surface area contributed by atoms with Gasteiger partial charge in [-0.2, -0.15) is 0 Å². The summed E-state index contributed by atoms with van der Waals surface area (Å²) in [5.41, 5.74) is 5.63. The van der Waals surface area contributed by atoms with E-state index in [1.165, 1.54) is 0 Å². The van der Waals surface area contributed by atoms with E-state index in [2.05, 4.69) is 5.32 Å². The van der Waals surface area contributed by atoms with Crippen LogP contribution < -0.4 is 16.4 Å². The Bertz CT molecular complexity index is 395. The van der Waals surface area contributed by atoms with Gasteiger partial charge in [0.25, 0.3) is 0 Å². The Labute approximate surface area is 97.8 Å². The first-order chi connectivity index (χ1) is 7.61. The molecule has 0 saturated carbocycles. The molecule has 1 rings (SSSR count). The third kappa shape index (κ3) is 4.22. The van der Waals surface area contributed by atoms with Crippen molar-refractivity contribution < 1.29 is 9.59 Å². The monoisotopic (exact) mass is 239 g/mol. The van der Waals surface area contributed by atoms with Crippen LogP contribution in [-0.2, 0) is 4.79 Å². The average Bonchev–Trinajstić information content (AvgIpc) is 2.26. The van der Waals surface area contributed by atoms with Crippen LogP contribution in [-0.4, -0.2) is 24.7 Å². The molecule has 0 radical (unpaired) electrons. The Morgan fingerprint density at radius 3 is 2.81 bits per heavy atom. The minimum absolute atomic E-state index is 0.0147. The van der Waals surface area contributed by atoms with Crippen LogP contribution in [0.15, 0.2) is 29.2 Å². The van der Waals surface area contributed by atoms with Gasteiger partial charge in [0, 0.05) is 10.6 Å². The molecule has 4 N–H and O–H groups in total. The number of carbonyl (C=O) groups excluding carboxylic acids is 2. The average molecular weight is 239 g/mol. The standard InChI is InChI=1S/C10H13N3O2S/c1-16-8-4-2-3-7(5-8)12-6-9(14)13-10(11)15/h2-5,12H,6H2,1H3,(H3,11,13,14,15). The van der Waals surface area contributed by atoms with Crippen molar-refractivity contribution >= 4 is 29.4 Å². The Morgan fingerprint density at radius 1 is 1.44 bits per heavy atom. The zero-order valence-electron chi connectivity index (χ0n) is 8.82. The van der Waals surface area contributed by atoms with Crippen LogP contribution in [0.1, 0.15) is 0 Å². The van der Waals surface area contributed by atoms with Gasteiger partial charge < -0.3 is 11.1 Å². The lowest BCUT2D eigenvalue weighted by Crippen LogP contribution is -2.38. The van der Waals surface area contributed by atoms with E-state index in [9.17, 15) is 9.59 Å². The van der Waals surface area contributed by atoms with Crippen molar-refractivity contribution in [3.63, 3.8) is 0 Å². The van der Waals surface area contributed by atoms with Gasteiger partial charge in [-0.25, -0.2) is 4.79 Å². The highest BCUT2D eigenvalue weighted by Gasteiger charge is 2.03. The number of nitrogens with two attached hydrogens (primary N) is 1. The van der Waals surface area contributed by atoms with E-state index < -0.39 is 11.9 Å². The third-order valence-electron chi connectivity index (χ3n) is 1.79. The van der Waals surface area contributed by atoms with Crippen LogP contribution in [0.2, 0.25) is 0 Å². The summed E-state index contributed by atoms with van der Waals surface area (Å²) in [7, 11) is 0. The predicted molar refractivity (Wildman–Crippen MR) is 64.4 cm³/mol. The zero-order chi connectivity index (χ0) is 12.0. The number of hydrogen-bond donors (Lipinski definition) is 3. The second-order valence-corrected chi connectivity index (χ2v) is 3.88. The molecule has 86 valence electrons. The minimum atomic E-state index is -0.843. The summed E-state index contributed by atoms with van der Waals surface area (Å²) in [5, 5.41) is 4.87. The number of carbonyl (C=O) groups is 2. The second-order valence-electron chi connectivity index (χ2n) is 3.00. The molecule has 0 fully saturated rings. The third-order valence-corrected chi connectivity index (χ3v) is 2.51. The predicted octanol–water partition coefficient (Wildman–Crippen LogP) is 1.02. The topological polar surface area (TPSA) is 84.2 Å². The highest BCUT2D eigenvalue weighted by Crippen LogP contribution is 2.18. The van der Waals surface area contributed by atoms with Crippen molar-refractivity contribution in [2.24, 2.45) is 5.73 Å². The van der Waals surface area contributed by atoms with Gasteiger partial charge in [0.2, 0.25) is 5.91 Å². The number of benzene rings is 1. The van der Waals surface area contributed by atoms with Gasteiger partial charge in [-0.05, 0) is 24.5 Å². The summed E-state index contributed by atoms with van der Waals surface area (Å²) in [6.45, 7) is 0.0147. The summed E-state index contributed by atoms with van der Waals surface area (Å²) < 4.78 is 0. The second kappa shape index (κ2) is 6.02. The number of nitrogens with one attached hydrogen (secondary N) is 2. The number of hydrogen-bond acceptors (Lipinski definition) is 4. The smallest absolute Gasteiger partial charge is 0.318 e. The quantitative estimate of drug-likeness (QED) is 0.685. The molecule has 0 aromatic heterocycles. The summed E-state index contributed by atoms with van der Waals surface area (Å²) in [6.07, 6.45) is 1.97. The van der Waals surface area contributed by atoms with E-state index >= 15 is 0 Å². The summed E-state index contributed by atoms with van der Waals surface area (Å²) in [5.74, 6) is -0.456. The summed E-state index contributed by atoms with van der Waals surface area (Å²) >= 11 is 1.61. The molecule has 16 heavy (non-hydrogen) atoms. The lowest BCUT2D eigenvalue weighted by atomic mass is 10.3. The van der Waals surface area contributed by atoms with Crippen molar-refractivity contribution in [2.45, 2.75) is 4.90 Å². The van der Waals surface area contributed by atoms with Crippen LogP contribution in [0.25, 0.3) is 0 Å². The number of rotatable bonds is 4. The Kier molecular flexibility index (Phi) is 4.65. The molecule has 0 heterocycles. The molecule has 3 amide bonds. The van der Waals surface area contributed by atoms with Gasteiger partial charge in [-0.3, -0.25) is 10.1 Å². The number of urea groups is 1. The van der Waals surface area contributed by atoms with Gasteiger partial charge in [0.05, 0.1) is 6.54 Å². The molecule has 5 nitrogen and oxygen atoms in total. The van der Waals surface area contributed by atoms with Crippen molar-refractivity contribution in [1.82, 2.24) is 5.32 Å². The number of primary amides is 1. The highest BCUT2D eigenvalue weighted by molar-refractivity contribution is 7.98. The maximum atomic E-state index is 11.1. The zero-order valence-corrected chi connectivity index (χ0v) is 9.64. The largest absolute Gasteiger partial charge is 0.376 e. The van der Waals surface area contributed by atoms with Crippen molar-refractivity contribution in [3.05, 3.63) is 24.3 Å². The first kappa shape index (κ1) is 12.4. The Balaban J connectivity index is 2.47. The van der Waals surface area contributed by atoms with Crippen LogP contribution in [0.5, 0.6) is 0 Å². The molecular weight excluding hydrogens is 226 g/mol. The lowest BCUT2D eigenvalue weighted by Gasteiger charge is -2.06. The molecule has 0 aliphatic rings. The number of imide groups is 1. The molecular formula is C10H13N3O2S. The van der Waals surface area contributed by atoms with Crippen molar-refractivity contribution in [2.75, 3.05) is 18.1 Å². The Morgan fingerprint density at radius 2 is 2.19 bits per heavy atom. The van der Waals surface area contributed by atoms with E-state index in [1.807, 2.05) is 35.8 Å². The molecule has 0 bridgehead atoms. The normalized spacial score (nSPS) is 9.56. The molecule has 1 aromatic rings. The molecule has 1 aromatic carbocycles. The van der Waals surface area contributed by atoms with Gasteiger partial charge in [-0.15, -0.1) is 11.8 Å². The van der Waals surface area contributed by atoms with E-state index in [4.69, 9.17) is 5.73 Å². The number of thioether (sulfide) groups is 1. The number of anilines is 1. The SMILES string of the molecule is CSc1cccc(NCC(=O)NC(N)=O)c1. The van der Waals surface area contributed by atoms with Gasteiger partial charge in [0.15, 0.2) is 0 Å². The van der Waals surface area contributed by atoms with Gasteiger partial charge in [-0.1, -0.05) is 6.07 Å². The molecule has 0 atom stereocenters. The van der Waals surface area contributed by atoms with Crippen LogP contribution in [0.3, 0.4) is 0 Å². The lowest BCUT2D eigenvalue weighted by molar-refractivity contribution is -0.118. The fourth-order valence-corrected chi connectivity index (χ4v) is 1.56. The highest BCUT2D eigenvalue weighted by atomic mass is 32.2. The maximum absolute atomic E-state index is 11.1. The molecule has 0 aliphatic heterocycles. The minimum Gasteiger partial charge on any atom is -0.376 e. The molecule has 0 spiro atoms.